The van der Waals surface area contributed by atoms with Crippen molar-refractivity contribution in [2.24, 2.45) is 0 Å². The summed E-state index contributed by atoms with van der Waals surface area (Å²) in [6.45, 7) is 2.44. The zero-order valence-electron chi connectivity index (χ0n) is 17.9. The van der Waals surface area contributed by atoms with Crippen molar-refractivity contribution in [3.8, 4) is 17.6 Å². The third-order valence-electron chi connectivity index (χ3n) is 4.48. The molecule has 174 valence electrons. The molecule has 3 aromatic carbocycles. The van der Waals surface area contributed by atoms with Crippen molar-refractivity contribution in [3.63, 3.8) is 0 Å². The number of anilines is 1. The third kappa shape index (κ3) is 6.82. The van der Waals surface area contributed by atoms with E-state index in [1.54, 1.807) is 36.4 Å². The number of halogens is 4. The molecule has 0 unspecified atom stereocenters. The molecular weight excluding hydrogens is 518 g/mol. The van der Waals surface area contributed by atoms with Crippen molar-refractivity contribution in [1.82, 2.24) is 0 Å². The first-order chi connectivity index (χ1) is 16.3. The van der Waals surface area contributed by atoms with Crippen LogP contribution >= 0.6 is 46.4 Å². The topological polar surface area (TPSA) is 71.3 Å². The maximum Gasteiger partial charge on any atom is 0.266 e. The van der Waals surface area contributed by atoms with Gasteiger partial charge in [-0.25, -0.2) is 0 Å². The van der Waals surface area contributed by atoms with Crippen molar-refractivity contribution in [2.45, 2.75) is 13.5 Å². The van der Waals surface area contributed by atoms with Crippen molar-refractivity contribution in [2.75, 3.05) is 11.9 Å². The van der Waals surface area contributed by atoms with Crippen molar-refractivity contribution < 1.29 is 14.3 Å². The molecule has 1 N–H and O–H groups in total. The minimum absolute atomic E-state index is 0.139. The molecule has 0 aliphatic heterocycles. The Bertz CT molecular complexity index is 1270. The summed E-state index contributed by atoms with van der Waals surface area (Å²) in [5.74, 6) is 0.129. The molecule has 0 aromatic heterocycles. The summed E-state index contributed by atoms with van der Waals surface area (Å²) in [5.41, 5.74) is 1.66. The molecule has 5 nitrogen and oxygen atoms in total. The average molecular weight is 536 g/mol. The first-order valence-electron chi connectivity index (χ1n) is 10.0. The Balaban J connectivity index is 1.84. The summed E-state index contributed by atoms with van der Waals surface area (Å²) in [6, 6.07) is 17.0. The van der Waals surface area contributed by atoms with Crippen LogP contribution < -0.4 is 14.8 Å². The van der Waals surface area contributed by atoms with Gasteiger partial charge in [0.2, 0.25) is 0 Å². The second kappa shape index (κ2) is 12.0. The van der Waals surface area contributed by atoms with Gasteiger partial charge in [0.25, 0.3) is 5.91 Å². The van der Waals surface area contributed by atoms with E-state index in [1.807, 2.05) is 25.1 Å². The molecule has 0 spiro atoms. The van der Waals surface area contributed by atoms with Crippen LogP contribution in [0, 0.1) is 11.3 Å². The molecule has 0 fully saturated rings. The Morgan fingerprint density at radius 2 is 1.71 bits per heavy atom. The number of nitrogens with one attached hydrogen (secondary N) is 1. The Morgan fingerprint density at radius 1 is 0.971 bits per heavy atom. The minimum Gasteiger partial charge on any atom is -0.490 e. The molecule has 0 aliphatic carbocycles. The van der Waals surface area contributed by atoms with Gasteiger partial charge in [-0.15, -0.1) is 0 Å². The maximum absolute atomic E-state index is 12.6. The molecule has 0 bridgehead atoms. The van der Waals surface area contributed by atoms with Crippen LogP contribution in [0.2, 0.25) is 20.1 Å². The van der Waals surface area contributed by atoms with Gasteiger partial charge in [-0.1, -0.05) is 58.5 Å². The fourth-order valence-corrected chi connectivity index (χ4v) is 3.60. The van der Waals surface area contributed by atoms with Crippen LogP contribution in [0.4, 0.5) is 5.69 Å². The lowest BCUT2D eigenvalue weighted by Crippen LogP contribution is -2.13. The van der Waals surface area contributed by atoms with Gasteiger partial charge >= 0.3 is 0 Å². The molecule has 0 atom stereocenters. The Morgan fingerprint density at radius 3 is 2.35 bits per heavy atom. The van der Waals surface area contributed by atoms with E-state index in [2.05, 4.69) is 5.32 Å². The van der Waals surface area contributed by atoms with Gasteiger partial charge in [-0.05, 0) is 66.6 Å². The average Bonchev–Trinajstić information content (AvgIpc) is 2.80. The lowest BCUT2D eigenvalue weighted by molar-refractivity contribution is -0.112. The van der Waals surface area contributed by atoms with Crippen LogP contribution in [0.15, 0.2) is 60.2 Å². The number of ether oxygens (including phenoxy) is 2. The standard InChI is InChI=1S/C25H18Cl4N2O3/c1-2-33-23-11-16(10-22(29)24(23)34-14-15-3-5-18(26)6-4-15)9-17(13-30)25(32)31-19-7-8-20(27)21(28)12-19/h3-12H,2,14H2,1H3,(H,31,32)/b17-9+. The number of hydrogen-bond acceptors (Lipinski definition) is 4. The number of carbonyl (C=O) groups is 1. The van der Waals surface area contributed by atoms with Gasteiger partial charge in [0.05, 0.1) is 21.7 Å². The summed E-state index contributed by atoms with van der Waals surface area (Å²) in [4.78, 5) is 12.6. The number of rotatable bonds is 8. The normalized spacial score (nSPS) is 11.0. The third-order valence-corrected chi connectivity index (χ3v) is 5.75. The van der Waals surface area contributed by atoms with E-state index in [0.717, 1.165) is 5.56 Å². The van der Waals surface area contributed by atoms with E-state index in [1.165, 1.54) is 12.1 Å². The van der Waals surface area contributed by atoms with E-state index in [0.29, 0.717) is 39.4 Å². The molecule has 3 aromatic rings. The Kier molecular flexibility index (Phi) is 9.09. The van der Waals surface area contributed by atoms with Gasteiger partial charge in [-0.3, -0.25) is 4.79 Å². The smallest absolute Gasteiger partial charge is 0.266 e. The summed E-state index contributed by atoms with van der Waals surface area (Å²) >= 11 is 24.3. The van der Waals surface area contributed by atoms with Crippen molar-refractivity contribution in [3.05, 3.63) is 91.4 Å². The van der Waals surface area contributed by atoms with Crippen LogP contribution in [-0.2, 0) is 11.4 Å². The van der Waals surface area contributed by atoms with Crippen LogP contribution in [0.1, 0.15) is 18.1 Å². The van der Waals surface area contributed by atoms with Crippen LogP contribution in [0.5, 0.6) is 11.5 Å². The number of nitriles is 1. The molecule has 34 heavy (non-hydrogen) atoms. The highest BCUT2D eigenvalue weighted by molar-refractivity contribution is 6.42. The molecule has 3 rings (SSSR count). The number of benzene rings is 3. The monoisotopic (exact) mass is 534 g/mol. The Hall–Kier alpha value is -2.88. The van der Waals surface area contributed by atoms with Gasteiger partial charge in [0.15, 0.2) is 11.5 Å². The highest BCUT2D eigenvalue weighted by atomic mass is 35.5. The molecule has 0 saturated carbocycles. The second-order valence-corrected chi connectivity index (χ2v) is 8.59. The maximum atomic E-state index is 12.6. The molecule has 0 saturated heterocycles. The van der Waals surface area contributed by atoms with Gasteiger partial charge < -0.3 is 14.8 Å². The van der Waals surface area contributed by atoms with Gasteiger partial charge in [0, 0.05) is 10.7 Å². The van der Waals surface area contributed by atoms with Crippen LogP contribution in [0.3, 0.4) is 0 Å². The largest absolute Gasteiger partial charge is 0.490 e. The quantitative estimate of drug-likeness (QED) is 0.235. The van der Waals surface area contributed by atoms with E-state index in [9.17, 15) is 10.1 Å². The van der Waals surface area contributed by atoms with Gasteiger partial charge in [0.1, 0.15) is 18.2 Å². The number of carbonyl (C=O) groups excluding carboxylic acids is 1. The van der Waals surface area contributed by atoms with Gasteiger partial charge in [-0.2, -0.15) is 5.26 Å². The number of amides is 1. The summed E-state index contributed by atoms with van der Waals surface area (Å²) in [5, 5.41) is 13.7. The molecule has 0 radical (unpaired) electrons. The highest BCUT2D eigenvalue weighted by Gasteiger charge is 2.15. The first kappa shape index (κ1) is 25.7. The van der Waals surface area contributed by atoms with E-state index in [4.69, 9.17) is 55.9 Å². The lowest BCUT2D eigenvalue weighted by Gasteiger charge is -2.15. The first-order valence-corrected chi connectivity index (χ1v) is 11.5. The fourth-order valence-electron chi connectivity index (χ4n) is 2.90. The lowest BCUT2D eigenvalue weighted by atomic mass is 10.1. The van der Waals surface area contributed by atoms with Crippen molar-refractivity contribution in [1.29, 1.82) is 5.26 Å². The molecular formula is C25H18Cl4N2O3. The summed E-state index contributed by atoms with van der Waals surface area (Å²) in [7, 11) is 0. The van der Waals surface area contributed by atoms with Crippen molar-refractivity contribution >= 4 is 64.1 Å². The Labute approximate surface area is 217 Å². The predicted octanol–water partition coefficient (Wildman–Crippen LogP) is 7.82. The van der Waals surface area contributed by atoms with E-state index >= 15 is 0 Å². The number of hydrogen-bond donors (Lipinski definition) is 1. The molecule has 0 aliphatic rings. The SMILES string of the molecule is CCOc1cc(/C=C(\C#N)C(=O)Nc2ccc(Cl)c(Cl)c2)cc(Cl)c1OCc1ccc(Cl)cc1. The van der Waals surface area contributed by atoms with Crippen LogP contribution in [-0.4, -0.2) is 12.5 Å². The van der Waals surface area contributed by atoms with E-state index in [-0.39, 0.29) is 22.2 Å². The summed E-state index contributed by atoms with van der Waals surface area (Å²) in [6.07, 6.45) is 1.41. The zero-order valence-corrected chi connectivity index (χ0v) is 20.9. The second-order valence-electron chi connectivity index (χ2n) is 6.93. The molecule has 9 heteroatoms. The fraction of sp³-hybridized carbons (Fsp3) is 0.120. The van der Waals surface area contributed by atoms with E-state index < -0.39 is 5.91 Å². The summed E-state index contributed by atoms with van der Waals surface area (Å²) < 4.78 is 11.6. The number of nitrogens with zero attached hydrogens (tertiary/aromatic N) is 1. The predicted molar refractivity (Wildman–Crippen MR) is 137 cm³/mol. The molecule has 0 heterocycles. The highest BCUT2D eigenvalue weighted by Crippen LogP contribution is 2.38. The zero-order chi connectivity index (χ0) is 24.7. The van der Waals surface area contributed by atoms with Crippen LogP contribution in [0.25, 0.3) is 6.08 Å². The molecule has 1 amide bonds. The minimum atomic E-state index is -0.613.